The molecule has 0 aliphatic heterocycles. The summed E-state index contributed by atoms with van der Waals surface area (Å²) in [6.45, 7) is 5.54. The highest BCUT2D eigenvalue weighted by atomic mass is 16.5. The van der Waals surface area contributed by atoms with E-state index >= 15 is 0 Å². The predicted octanol–water partition coefficient (Wildman–Crippen LogP) is 4.87. The molecule has 13 heteroatoms. The van der Waals surface area contributed by atoms with Crippen LogP contribution in [0.5, 0.6) is 17.2 Å². The van der Waals surface area contributed by atoms with Gasteiger partial charge in [-0.2, -0.15) is 5.10 Å². The summed E-state index contributed by atoms with van der Waals surface area (Å²) in [4.78, 5) is 44.4. The van der Waals surface area contributed by atoms with Gasteiger partial charge in [0.25, 0.3) is 0 Å². The molecule has 5 rings (SSSR count). The van der Waals surface area contributed by atoms with Gasteiger partial charge in [0.15, 0.2) is 23.1 Å². The van der Waals surface area contributed by atoms with E-state index in [2.05, 4.69) is 31.1 Å². The van der Waals surface area contributed by atoms with Crippen LogP contribution in [-0.4, -0.2) is 61.5 Å². The SMILES string of the molecule is COCc1nc(-c2cccc(NC(=O)[C@@H](Nc3ccc4c(cc3=O)[C@@H](NC(C)=O)CCc3cc(OC)c(OC)c(OC)c3-4)C(C)C)c2)n[nH]1. The van der Waals surface area contributed by atoms with Crippen LogP contribution in [0.1, 0.15) is 50.2 Å². The number of nitrogens with one attached hydrogen (secondary N) is 4. The molecule has 258 valence electrons. The number of anilines is 2. The molecule has 49 heavy (non-hydrogen) atoms. The van der Waals surface area contributed by atoms with Crippen molar-refractivity contribution in [3.63, 3.8) is 0 Å². The summed E-state index contributed by atoms with van der Waals surface area (Å²) < 4.78 is 22.3. The number of carbonyl (C=O) groups excluding carboxylic acids is 2. The number of aryl methyl sites for hydroxylation is 1. The van der Waals surface area contributed by atoms with Gasteiger partial charge in [0.05, 0.1) is 33.1 Å². The van der Waals surface area contributed by atoms with Crippen LogP contribution in [0.25, 0.3) is 22.5 Å². The Morgan fingerprint density at radius 2 is 1.78 bits per heavy atom. The molecule has 1 aromatic heterocycles. The Hall–Kier alpha value is -5.43. The fourth-order valence-electron chi connectivity index (χ4n) is 6.11. The summed E-state index contributed by atoms with van der Waals surface area (Å²) in [5, 5.41) is 16.3. The number of aromatic nitrogens is 3. The Morgan fingerprint density at radius 3 is 2.45 bits per heavy atom. The quantitative estimate of drug-likeness (QED) is 0.163. The number of amides is 2. The number of benzene rings is 2. The fraction of sp³-hybridized carbons (Fsp3) is 0.361. The Labute approximate surface area is 284 Å². The number of rotatable bonds is 12. The molecule has 2 atom stereocenters. The van der Waals surface area contributed by atoms with Crippen LogP contribution in [0.4, 0.5) is 11.4 Å². The number of methoxy groups -OCH3 is 4. The number of aromatic amines is 1. The van der Waals surface area contributed by atoms with E-state index in [1.54, 1.807) is 45.6 Å². The minimum atomic E-state index is -0.771. The van der Waals surface area contributed by atoms with Crippen LogP contribution < -0.4 is 35.6 Å². The minimum Gasteiger partial charge on any atom is -0.493 e. The maximum Gasteiger partial charge on any atom is 0.247 e. The van der Waals surface area contributed by atoms with Gasteiger partial charge >= 0.3 is 0 Å². The molecule has 0 saturated carbocycles. The molecule has 1 aliphatic carbocycles. The van der Waals surface area contributed by atoms with Crippen molar-refractivity contribution in [1.29, 1.82) is 0 Å². The number of fused-ring (bicyclic) bond motifs is 3. The summed E-state index contributed by atoms with van der Waals surface area (Å²) in [6, 6.07) is 12.9. The molecule has 4 aromatic rings. The zero-order valence-corrected chi connectivity index (χ0v) is 28.7. The molecule has 0 fully saturated rings. The Kier molecular flexibility index (Phi) is 10.8. The molecular formula is C36H42N6O7. The first kappa shape index (κ1) is 34.9. The van der Waals surface area contributed by atoms with Crippen LogP contribution in [0.2, 0.25) is 0 Å². The first-order valence-corrected chi connectivity index (χ1v) is 15.9. The molecule has 0 radical (unpaired) electrons. The van der Waals surface area contributed by atoms with Crippen molar-refractivity contribution in [2.45, 2.75) is 52.3 Å². The van der Waals surface area contributed by atoms with Gasteiger partial charge < -0.3 is 34.9 Å². The lowest BCUT2D eigenvalue weighted by molar-refractivity contribution is -0.120. The van der Waals surface area contributed by atoms with Crippen molar-refractivity contribution in [1.82, 2.24) is 20.5 Å². The molecule has 1 aliphatic rings. The second kappa shape index (κ2) is 15.2. The molecule has 2 amide bonds. The smallest absolute Gasteiger partial charge is 0.247 e. The molecule has 3 aromatic carbocycles. The maximum atomic E-state index is 13.9. The van der Waals surface area contributed by atoms with Crippen molar-refractivity contribution < 1.29 is 28.5 Å². The molecule has 0 unspecified atom stereocenters. The second-order valence-electron chi connectivity index (χ2n) is 12.1. The first-order chi connectivity index (χ1) is 23.6. The second-order valence-corrected chi connectivity index (χ2v) is 12.1. The normalized spacial score (nSPS) is 14.2. The van der Waals surface area contributed by atoms with E-state index in [0.29, 0.717) is 70.7 Å². The molecule has 0 saturated heterocycles. The molecule has 4 N–H and O–H groups in total. The molecule has 0 spiro atoms. The van der Waals surface area contributed by atoms with Gasteiger partial charge in [-0.25, -0.2) is 4.98 Å². The number of ether oxygens (including phenoxy) is 4. The largest absolute Gasteiger partial charge is 0.493 e. The van der Waals surface area contributed by atoms with E-state index in [1.807, 2.05) is 32.0 Å². The Bertz CT molecular complexity index is 1910. The number of hydrogen-bond donors (Lipinski definition) is 4. The average molecular weight is 671 g/mol. The maximum absolute atomic E-state index is 13.9. The van der Waals surface area contributed by atoms with E-state index in [1.165, 1.54) is 20.1 Å². The van der Waals surface area contributed by atoms with Crippen LogP contribution in [-0.2, 0) is 27.4 Å². The monoisotopic (exact) mass is 670 g/mol. The lowest BCUT2D eigenvalue weighted by Crippen LogP contribution is -2.39. The van der Waals surface area contributed by atoms with E-state index < -0.39 is 12.1 Å². The predicted molar refractivity (Wildman–Crippen MR) is 186 cm³/mol. The zero-order valence-electron chi connectivity index (χ0n) is 28.7. The Morgan fingerprint density at radius 1 is 1.00 bits per heavy atom. The van der Waals surface area contributed by atoms with E-state index in [9.17, 15) is 14.4 Å². The van der Waals surface area contributed by atoms with Gasteiger partial charge in [0, 0.05) is 30.8 Å². The Balaban J connectivity index is 1.52. The third-order valence-corrected chi connectivity index (χ3v) is 8.38. The van der Waals surface area contributed by atoms with Crippen LogP contribution in [0.15, 0.2) is 53.3 Å². The lowest BCUT2D eigenvalue weighted by atomic mass is 9.95. The van der Waals surface area contributed by atoms with Gasteiger partial charge in [-0.1, -0.05) is 32.0 Å². The molecule has 13 nitrogen and oxygen atoms in total. The lowest BCUT2D eigenvalue weighted by Gasteiger charge is -2.22. The zero-order chi connectivity index (χ0) is 35.2. The van der Waals surface area contributed by atoms with Crippen molar-refractivity contribution in [3.8, 4) is 39.8 Å². The van der Waals surface area contributed by atoms with Crippen LogP contribution >= 0.6 is 0 Å². The summed E-state index contributed by atoms with van der Waals surface area (Å²) >= 11 is 0. The van der Waals surface area contributed by atoms with E-state index in [0.717, 1.165) is 11.1 Å². The number of hydrogen-bond acceptors (Lipinski definition) is 10. The summed E-state index contributed by atoms with van der Waals surface area (Å²) in [5.74, 6) is 1.70. The molecular weight excluding hydrogens is 628 g/mol. The third-order valence-electron chi connectivity index (χ3n) is 8.38. The first-order valence-electron chi connectivity index (χ1n) is 15.9. The highest BCUT2D eigenvalue weighted by Crippen LogP contribution is 2.50. The standard InChI is InChI=1S/C36H42N6O7/c1-19(2)32(36(45)38-23-10-8-9-22(15-23)35-40-30(18-46-4)41-42-35)39-27-14-12-24-25(17-28(27)44)26(37-20(3)43)13-11-21-16-29(47-5)33(48-6)34(49-7)31(21)24/h8-10,12,14-17,19,26,32H,11,13,18H2,1-7H3,(H,37,43)(H,38,45)(H,39,44)(H,40,41,42)/t26-,32-/m0/s1. The van der Waals surface area contributed by atoms with Crippen molar-refractivity contribution in [3.05, 3.63) is 75.7 Å². The number of H-pyrrole nitrogens is 1. The summed E-state index contributed by atoms with van der Waals surface area (Å²) in [7, 11) is 6.22. The van der Waals surface area contributed by atoms with Gasteiger partial charge in [0.2, 0.25) is 23.0 Å². The van der Waals surface area contributed by atoms with Crippen molar-refractivity contribution in [2.75, 3.05) is 39.1 Å². The highest BCUT2D eigenvalue weighted by molar-refractivity contribution is 5.97. The van der Waals surface area contributed by atoms with Gasteiger partial charge in [0.1, 0.15) is 12.6 Å². The van der Waals surface area contributed by atoms with Crippen LogP contribution in [0.3, 0.4) is 0 Å². The molecule has 0 bridgehead atoms. The van der Waals surface area contributed by atoms with E-state index in [4.69, 9.17) is 18.9 Å². The third kappa shape index (κ3) is 7.51. The number of nitrogens with zero attached hydrogens (tertiary/aromatic N) is 2. The minimum absolute atomic E-state index is 0.194. The highest BCUT2D eigenvalue weighted by Gasteiger charge is 2.30. The van der Waals surface area contributed by atoms with Crippen molar-refractivity contribution in [2.24, 2.45) is 5.92 Å². The van der Waals surface area contributed by atoms with Crippen molar-refractivity contribution >= 4 is 23.2 Å². The van der Waals surface area contributed by atoms with E-state index in [-0.39, 0.29) is 28.8 Å². The van der Waals surface area contributed by atoms with Gasteiger partial charge in [-0.05, 0) is 65.8 Å². The van der Waals surface area contributed by atoms with Gasteiger partial charge in [-0.15, -0.1) is 0 Å². The molecule has 1 heterocycles. The summed E-state index contributed by atoms with van der Waals surface area (Å²) in [6.07, 6.45) is 1.11. The van der Waals surface area contributed by atoms with Gasteiger partial charge in [-0.3, -0.25) is 19.5 Å². The average Bonchev–Trinajstić information content (AvgIpc) is 3.42. The van der Waals surface area contributed by atoms with Crippen LogP contribution in [0, 0.1) is 5.92 Å². The number of carbonyl (C=O) groups is 2. The topological polar surface area (TPSA) is 166 Å². The fourth-order valence-corrected chi connectivity index (χ4v) is 6.11. The summed E-state index contributed by atoms with van der Waals surface area (Å²) in [5.41, 5.74) is 4.12.